The highest BCUT2D eigenvalue weighted by molar-refractivity contribution is 5.86. The maximum atomic E-state index is 11.6. The second-order valence-corrected chi connectivity index (χ2v) is 3.97. The van der Waals surface area contributed by atoms with Gasteiger partial charge in [-0.05, 0) is 5.56 Å². The van der Waals surface area contributed by atoms with Gasteiger partial charge in [-0.1, -0.05) is 30.3 Å². The molecular formula is C14H13N3O4. The highest BCUT2D eigenvalue weighted by atomic mass is 16.5. The van der Waals surface area contributed by atoms with Crippen LogP contribution < -0.4 is 5.32 Å². The normalized spacial score (nSPS) is 9.76. The van der Waals surface area contributed by atoms with E-state index in [0.29, 0.717) is 5.69 Å². The van der Waals surface area contributed by atoms with Crippen molar-refractivity contribution in [2.75, 3.05) is 12.4 Å². The zero-order valence-electron chi connectivity index (χ0n) is 11.3. The molecular weight excluding hydrogens is 274 g/mol. The number of aromatic nitrogens is 2. The van der Waals surface area contributed by atoms with Crippen LogP contribution in [0.4, 0.5) is 10.5 Å². The number of esters is 1. The molecule has 1 amide bonds. The molecule has 0 aliphatic rings. The first-order valence-electron chi connectivity index (χ1n) is 6.07. The van der Waals surface area contributed by atoms with Crippen LogP contribution in [0.2, 0.25) is 0 Å². The van der Waals surface area contributed by atoms with Gasteiger partial charge in [0, 0.05) is 0 Å². The average molecular weight is 287 g/mol. The molecule has 0 saturated heterocycles. The molecule has 0 saturated carbocycles. The zero-order valence-corrected chi connectivity index (χ0v) is 11.3. The van der Waals surface area contributed by atoms with Gasteiger partial charge in [0.1, 0.15) is 6.61 Å². The molecule has 2 rings (SSSR count). The molecule has 1 aromatic heterocycles. The topological polar surface area (TPSA) is 90.4 Å². The van der Waals surface area contributed by atoms with Crippen LogP contribution in [0.15, 0.2) is 42.7 Å². The van der Waals surface area contributed by atoms with Gasteiger partial charge in [0.25, 0.3) is 0 Å². The number of methoxy groups -OCH3 is 1. The van der Waals surface area contributed by atoms with Gasteiger partial charge in [-0.15, -0.1) is 0 Å². The van der Waals surface area contributed by atoms with Crippen LogP contribution in [0.1, 0.15) is 16.2 Å². The largest absolute Gasteiger partial charge is 0.463 e. The van der Waals surface area contributed by atoms with Crippen LogP contribution in [-0.4, -0.2) is 29.1 Å². The van der Waals surface area contributed by atoms with Gasteiger partial charge in [-0.3, -0.25) is 5.32 Å². The smallest absolute Gasteiger partial charge is 0.412 e. The van der Waals surface area contributed by atoms with E-state index in [2.05, 4.69) is 20.0 Å². The van der Waals surface area contributed by atoms with Crippen molar-refractivity contribution in [3.8, 4) is 0 Å². The lowest BCUT2D eigenvalue weighted by molar-refractivity contribution is 0.0586. The Kier molecular flexibility index (Phi) is 4.81. The standard InChI is InChI=1S/C14H13N3O4/c1-20-13(18)12-15-7-11(8-16-12)17-14(19)21-9-10-5-3-2-4-6-10/h2-8H,9H2,1H3,(H,17,19). The van der Waals surface area contributed by atoms with Crippen molar-refractivity contribution in [3.05, 3.63) is 54.1 Å². The zero-order chi connectivity index (χ0) is 15.1. The highest BCUT2D eigenvalue weighted by Gasteiger charge is 2.09. The summed E-state index contributed by atoms with van der Waals surface area (Å²) in [5, 5.41) is 2.46. The molecule has 0 fully saturated rings. The maximum absolute atomic E-state index is 11.6. The fraction of sp³-hybridized carbons (Fsp3) is 0.143. The third-order valence-electron chi connectivity index (χ3n) is 2.48. The minimum atomic E-state index is -0.645. The monoisotopic (exact) mass is 287 g/mol. The first-order valence-corrected chi connectivity index (χ1v) is 6.07. The maximum Gasteiger partial charge on any atom is 0.412 e. The van der Waals surface area contributed by atoms with Gasteiger partial charge in [-0.25, -0.2) is 19.6 Å². The van der Waals surface area contributed by atoms with E-state index in [1.54, 1.807) is 0 Å². The second-order valence-electron chi connectivity index (χ2n) is 3.97. The second kappa shape index (κ2) is 6.99. The molecule has 0 aliphatic heterocycles. The van der Waals surface area contributed by atoms with Crippen molar-refractivity contribution < 1.29 is 19.1 Å². The van der Waals surface area contributed by atoms with Gasteiger partial charge in [0.2, 0.25) is 5.82 Å². The van der Waals surface area contributed by atoms with E-state index in [-0.39, 0.29) is 12.4 Å². The molecule has 2 aromatic rings. The SMILES string of the molecule is COC(=O)c1ncc(NC(=O)OCc2ccccc2)cn1. The Morgan fingerprint density at radius 1 is 1.14 bits per heavy atom. The summed E-state index contributed by atoms with van der Waals surface area (Å²) in [6, 6.07) is 9.29. The first-order chi connectivity index (χ1) is 10.2. The summed E-state index contributed by atoms with van der Waals surface area (Å²) in [5.74, 6) is -0.728. The van der Waals surface area contributed by atoms with Crippen molar-refractivity contribution in [2.45, 2.75) is 6.61 Å². The number of amides is 1. The molecule has 0 radical (unpaired) electrons. The Bertz CT molecular complexity index is 614. The molecule has 0 spiro atoms. The average Bonchev–Trinajstić information content (AvgIpc) is 2.54. The molecule has 7 nitrogen and oxygen atoms in total. The molecule has 0 bridgehead atoms. The van der Waals surface area contributed by atoms with E-state index >= 15 is 0 Å². The fourth-order valence-electron chi connectivity index (χ4n) is 1.47. The van der Waals surface area contributed by atoms with Gasteiger partial charge >= 0.3 is 12.1 Å². The van der Waals surface area contributed by atoms with E-state index < -0.39 is 12.1 Å². The summed E-state index contributed by atoms with van der Waals surface area (Å²) in [6.45, 7) is 0.160. The lowest BCUT2D eigenvalue weighted by Crippen LogP contribution is -2.15. The van der Waals surface area contributed by atoms with Crippen LogP contribution in [-0.2, 0) is 16.1 Å². The Hall–Kier alpha value is -2.96. The number of hydrogen-bond acceptors (Lipinski definition) is 6. The van der Waals surface area contributed by atoms with Crippen LogP contribution in [0.3, 0.4) is 0 Å². The summed E-state index contributed by atoms with van der Waals surface area (Å²) < 4.78 is 9.50. The van der Waals surface area contributed by atoms with E-state index in [1.165, 1.54) is 19.5 Å². The van der Waals surface area contributed by atoms with Crippen molar-refractivity contribution in [1.82, 2.24) is 9.97 Å². The molecule has 1 N–H and O–H groups in total. The number of carbonyl (C=O) groups is 2. The Morgan fingerprint density at radius 3 is 2.43 bits per heavy atom. The third-order valence-corrected chi connectivity index (χ3v) is 2.48. The number of anilines is 1. The number of rotatable bonds is 4. The van der Waals surface area contributed by atoms with Gasteiger partial charge in [-0.2, -0.15) is 0 Å². The molecule has 1 aromatic carbocycles. The summed E-state index contributed by atoms with van der Waals surface area (Å²) in [6.07, 6.45) is 1.96. The lowest BCUT2D eigenvalue weighted by atomic mass is 10.2. The third kappa shape index (κ3) is 4.27. The molecule has 21 heavy (non-hydrogen) atoms. The molecule has 7 heteroatoms. The summed E-state index contributed by atoms with van der Waals surface area (Å²) in [7, 11) is 1.23. The van der Waals surface area contributed by atoms with Crippen LogP contribution >= 0.6 is 0 Å². The number of nitrogens with one attached hydrogen (secondary N) is 1. The van der Waals surface area contributed by atoms with Gasteiger partial charge in [0.05, 0.1) is 25.2 Å². The van der Waals surface area contributed by atoms with Crippen molar-refractivity contribution in [3.63, 3.8) is 0 Å². The molecule has 0 atom stereocenters. The number of carbonyl (C=O) groups excluding carboxylic acids is 2. The number of ether oxygens (including phenoxy) is 2. The lowest BCUT2D eigenvalue weighted by Gasteiger charge is -2.06. The number of benzene rings is 1. The van der Waals surface area contributed by atoms with E-state index in [4.69, 9.17) is 4.74 Å². The molecule has 0 unspecified atom stereocenters. The van der Waals surface area contributed by atoms with E-state index in [0.717, 1.165) is 5.56 Å². The molecule has 108 valence electrons. The summed E-state index contributed by atoms with van der Waals surface area (Å²) in [5.41, 5.74) is 1.20. The number of nitrogens with zero attached hydrogens (tertiary/aromatic N) is 2. The van der Waals surface area contributed by atoms with Crippen molar-refractivity contribution >= 4 is 17.7 Å². The predicted octanol–water partition coefficient (Wildman–Crippen LogP) is 2.01. The fourth-order valence-corrected chi connectivity index (χ4v) is 1.47. The van der Waals surface area contributed by atoms with Crippen LogP contribution in [0.25, 0.3) is 0 Å². The summed E-state index contributed by atoms with van der Waals surface area (Å²) in [4.78, 5) is 30.3. The highest BCUT2D eigenvalue weighted by Crippen LogP contribution is 2.06. The molecule has 0 aliphatic carbocycles. The summed E-state index contributed by atoms with van der Waals surface area (Å²) >= 11 is 0. The van der Waals surface area contributed by atoms with Crippen LogP contribution in [0.5, 0.6) is 0 Å². The van der Waals surface area contributed by atoms with Gasteiger partial charge < -0.3 is 9.47 Å². The van der Waals surface area contributed by atoms with Gasteiger partial charge in [0.15, 0.2) is 0 Å². The van der Waals surface area contributed by atoms with Crippen molar-refractivity contribution in [1.29, 1.82) is 0 Å². The molecule has 1 heterocycles. The quantitative estimate of drug-likeness (QED) is 0.865. The minimum absolute atomic E-state index is 0.0827. The Balaban J connectivity index is 1.86. The Morgan fingerprint density at radius 2 is 1.81 bits per heavy atom. The predicted molar refractivity (Wildman–Crippen MR) is 73.6 cm³/mol. The number of hydrogen-bond donors (Lipinski definition) is 1. The van der Waals surface area contributed by atoms with Crippen molar-refractivity contribution in [2.24, 2.45) is 0 Å². The Labute approximate surface area is 120 Å². The first kappa shape index (κ1) is 14.4. The van der Waals surface area contributed by atoms with Crippen LogP contribution in [0, 0.1) is 0 Å². The minimum Gasteiger partial charge on any atom is -0.463 e. The van der Waals surface area contributed by atoms with E-state index in [1.807, 2.05) is 30.3 Å². The van der Waals surface area contributed by atoms with E-state index in [9.17, 15) is 9.59 Å².